The molecule has 28 heavy (non-hydrogen) atoms. The Hall–Kier alpha value is -2.56. The molecule has 0 bridgehead atoms. The van der Waals surface area contributed by atoms with Crippen LogP contribution in [0.5, 0.6) is 0 Å². The van der Waals surface area contributed by atoms with E-state index in [-0.39, 0.29) is 5.56 Å². The summed E-state index contributed by atoms with van der Waals surface area (Å²) in [6, 6.07) is 0. The van der Waals surface area contributed by atoms with Crippen LogP contribution < -0.4 is 16.6 Å². The SMILES string of the molecule is Cc1sc(NC(=O)c2sc3nc(CN(C)C)[nH]c(=O)c3c2C)c(C(N)=O)c1C. The molecule has 2 amide bonds. The first-order valence-corrected chi connectivity index (χ1v) is 10.1. The lowest BCUT2D eigenvalue weighted by molar-refractivity contribution is 0.100. The van der Waals surface area contributed by atoms with Gasteiger partial charge in [-0.25, -0.2) is 4.98 Å². The summed E-state index contributed by atoms with van der Waals surface area (Å²) in [6.45, 7) is 5.86. The van der Waals surface area contributed by atoms with Crippen LogP contribution in [-0.2, 0) is 6.54 Å². The van der Waals surface area contributed by atoms with Gasteiger partial charge >= 0.3 is 0 Å². The van der Waals surface area contributed by atoms with Crippen LogP contribution in [0.25, 0.3) is 10.2 Å². The van der Waals surface area contributed by atoms with Gasteiger partial charge in [-0.15, -0.1) is 22.7 Å². The van der Waals surface area contributed by atoms with Gasteiger partial charge in [0.1, 0.15) is 15.7 Å². The molecule has 0 atom stereocenters. The zero-order chi connectivity index (χ0) is 20.7. The maximum absolute atomic E-state index is 12.9. The zero-order valence-electron chi connectivity index (χ0n) is 16.2. The number of fused-ring (bicyclic) bond motifs is 1. The summed E-state index contributed by atoms with van der Waals surface area (Å²) in [4.78, 5) is 48.1. The number of nitrogens with one attached hydrogen (secondary N) is 2. The first-order chi connectivity index (χ1) is 13.1. The van der Waals surface area contributed by atoms with E-state index in [1.165, 1.54) is 11.3 Å². The van der Waals surface area contributed by atoms with Crippen molar-refractivity contribution in [2.24, 2.45) is 5.73 Å². The lowest BCUT2D eigenvalue weighted by atomic mass is 10.1. The number of aryl methyl sites for hydroxylation is 2. The Balaban J connectivity index is 2.02. The lowest BCUT2D eigenvalue weighted by Gasteiger charge is -2.07. The number of aromatic amines is 1. The number of primary amides is 1. The predicted octanol–water partition coefficient (Wildman–Crippen LogP) is 2.38. The molecule has 0 spiro atoms. The minimum atomic E-state index is -0.586. The van der Waals surface area contributed by atoms with Crippen molar-refractivity contribution in [2.45, 2.75) is 27.3 Å². The number of nitrogens with zero attached hydrogens (tertiary/aromatic N) is 2. The number of aromatic nitrogens is 2. The van der Waals surface area contributed by atoms with E-state index >= 15 is 0 Å². The van der Waals surface area contributed by atoms with Gasteiger partial charge in [0.25, 0.3) is 17.4 Å². The van der Waals surface area contributed by atoms with E-state index in [1.54, 1.807) is 13.8 Å². The van der Waals surface area contributed by atoms with Crippen LogP contribution >= 0.6 is 22.7 Å². The zero-order valence-corrected chi connectivity index (χ0v) is 17.9. The fourth-order valence-corrected chi connectivity index (χ4v) is 5.11. The number of anilines is 1. The highest BCUT2D eigenvalue weighted by atomic mass is 32.1. The van der Waals surface area contributed by atoms with E-state index in [2.05, 4.69) is 15.3 Å². The number of hydrogen-bond donors (Lipinski definition) is 3. The molecule has 0 saturated carbocycles. The van der Waals surface area contributed by atoms with E-state index in [0.29, 0.717) is 43.6 Å². The molecule has 0 aliphatic rings. The molecule has 0 saturated heterocycles. The van der Waals surface area contributed by atoms with Crippen LogP contribution in [-0.4, -0.2) is 40.8 Å². The van der Waals surface area contributed by atoms with Crippen molar-refractivity contribution in [3.63, 3.8) is 0 Å². The van der Waals surface area contributed by atoms with E-state index < -0.39 is 11.8 Å². The van der Waals surface area contributed by atoms with Crippen molar-refractivity contribution in [3.05, 3.63) is 42.6 Å². The van der Waals surface area contributed by atoms with Gasteiger partial charge in [0.2, 0.25) is 0 Å². The van der Waals surface area contributed by atoms with Crippen LogP contribution in [0.3, 0.4) is 0 Å². The normalized spacial score (nSPS) is 11.4. The van der Waals surface area contributed by atoms with Gasteiger partial charge < -0.3 is 20.9 Å². The Bertz CT molecular complexity index is 1160. The fourth-order valence-electron chi connectivity index (χ4n) is 2.95. The number of thiophene rings is 2. The second-order valence-electron chi connectivity index (χ2n) is 6.79. The van der Waals surface area contributed by atoms with Crippen molar-refractivity contribution < 1.29 is 9.59 Å². The molecular formula is C18H21N5O3S2. The smallest absolute Gasteiger partial charge is 0.266 e. The topological polar surface area (TPSA) is 121 Å². The number of carbonyl (C=O) groups is 2. The summed E-state index contributed by atoms with van der Waals surface area (Å²) in [5.41, 5.74) is 6.84. The molecule has 3 rings (SSSR count). The highest BCUT2D eigenvalue weighted by molar-refractivity contribution is 7.21. The molecule has 3 aromatic rings. The fraction of sp³-hybridized carbons (Fsp3) is 0.333. The van der Waals surface area contributed by atoms with Crippen molar-refractivity contribution in [1.82, 2.24) is 14.9 Å². The van der Waals surface area contributed by atoms with Gasteiger partial charge in [-0.05, 0) is 46.0 Å². The van der Waals surface area contributed by atoms with Crippen LogP contribution in [0.15, 0.2) is 4.79 Å². The summed E-state index contributed by atoms with van der Waals surface area (Å²) in [5.74, 6) is -0.439. The maximum Gasteiger partial charge on any atom is 0.266 e. The Morgan fingerprint density at radius 1 is 1.18 bits per heavy atom. The van der Waals surface area contributed by atoms with Crippen LogP contribution in [0.1, 0.15) is 41.9 Å². The molecule has 3 heterocycles. The van der Waals surface area contributed by atoms with Crippen LogP contribution in [0.2, 0.25) is 0 Å². The van der Waals surface area contributed by atoms with E-state index in [9.17, 15) is 14.4 Å². The summed E-state index contributed by atoms with van der Waals surface area (Å²) in [6.07, 6.45) is 0. The number of H-pyrrole nitrogens is 1. The highest BCUT2D eigenvalue weighted by Crippen LogP contribution is 2.34. The molecule has 148 valence electrons. The quantitative estimate of drug-likeness (QED) is 0.586. The van der Waals surface area contributed by atoms with Crippen molar-refractivity contribution in [1.29, 1.82) is 0 Å². The van der Waals surface area contributed by atoms with Gasteiger partial charge in [0, 0.05) is 4.88 Å². The summed E-state index contributed by atoms with van der Waals surface area (Å²) >= 11 is 2.46. The number of hydrogen-bond acceptors (Lipinski definition) is 7. The van der Waals surface area contributed by atoms with Gasteiger partial charge in [-0.3, -0.25) is 14.4 Å². The van der Waals surface area contributed by atoms with Crippen LogP contribution in [0.4, 0.5) is 5.00 Å². The Labute approximate surface area is 169 Å². The highest BCUT2D eigenvalue weighted by Gasteiger charge is 2.23. The molecule has 0 aliphatic carbocycles. The Kier molecular flexibility index (Phi) is 5.37. The molecule has 0 fully saturated rings. The van der Waals surface area contributed by atoms with Crippen molar-refractivity contribution >= 4 is 49.7 Å². The molecule has 0 aliphatic heterocycles. The Morgan fingerprint density at radius 2 is 1.86 bits per heavy atom. The minimum Gasteiger partial charge on any atom is -0.365 e. The molecule has 8 nitrogen and oxygen atoms in total. The van der Waals surface area contributed by atoms with E-state index in [0.717, 1.165) is 21.8 Å². The number of amides is 2. The predicted molar refractivity (Wildman–Crippen MR) is 113 cm³/mol. The number of carbonyl (C=O) groups excluding carboxylic acids is 2. The number of nitrogens with two attached hydrogens (primary N) is 1. The first-order valence-electron chi connectivity index (χ1n) is 8.48. The van der Waals surface area contributed by atoms with Gasteiger partial charge in [0.15, 0.2) is 0 Å². The molecule has 0 aromatic carbocycles. The largest absolute Gasteiger partial charge is 0.365 e. The minimum absolute atomic E-state index is 0.268. The summed E-state index contributed by atoms with van der Waals surface area (Å²) in [5, 5.41) is 3.60. The summed E-state index contributed by atoms with van der Waals surface area (Å²) in [7, 11) is 3.76. The standard InChI is InChI=1S/C18H21N5O3S2/c1-7-9(3)27-17(11(7)14(19)24)22-16(26)13-8(2)12-15(25)20-10(6-23(4)5)21-18(12)28-13/h6H2,1-5H3,(H2,19,24)(H,22,26)(H,20,21,25). The summed E-state index contributed by atoms with van der Waals surface area (Å²) < 4.78 is 0. The Morgan fingerprint density at radius 3 is 2.46 bits per heavy atom. The second-order valence-corrected chi connectivity index (χ2v) is 9.02. The van der Waals surface area contributed by atoms with E-state index in [1.807, 2.05) is 25.9 Å². The number of rotatable bonds is 5. The third-order valence-electron chi connectivity index (χ3n) is 4.38. The maximum atomic E-state index is 12.9. The average molecular weight is 420 g/mol. The molecular weight excluding hydrogens is 398 g/mol. The van der Waals surface area contributed by atoms with E-state index in [4.69, 9.17) is 5.73 Å². The third-order valence-corrected chi connectivity index (χ3v) is 6.69. The van der Waals surface area contributed by atoms with Gasteiger partial charge in [0.05, 0.1) is 22.4 Å². The lowest BCUT2D eigenvalue weighted by Crippen LogP contribution is -2.18. The van der Waals surface area contributed by atoms with Crippen molar-refractivity contribution in [2.75, 3.05) is 19.4 Å². The second kappa shape index (κ2) is 7.46. The average Bonchev–Trinajstić information content (AvgIpc) is 3.04. The van der Waals surface area contributed by atoms with Gasteiger partial charge in [-0.2, -0.15) is 0 Å². The van der Waals surface area contributed by atoms with Crippen LogP contribution in [0, 0.1) is 20.8 Å². The third kappa shape index (κ3) is 3.58. The first kappa shape index (κ1) is 20.2. The molecule has 0 radical (unpaired) electrons. The van der Waals surface area contributed by atoms with Crippen molar-refractivity contribution in [3.8, 4) is 0 Å². The molecule has 10 heteroatoms. The van der Waals surface area contributed by atoms with Gasteiger partial charge in [-0.1, -0.05) is 0 Å². The molecule has 0 unspecified atom stereocenters. The monoisotopic (exact) mass is 419 g/mol. The molecule has 3 aromatic heterocycles. The molecule has 4 N–H and O–H groups in total.